The quantitative estimate of drug-likeness (QED) is 0.761. The van der Waals surface area contributed by atoms with E-state index in [1.807, 2.05) is 0 Å². The molecule has 1 saturated heterocycles. The molecule has 2 fully saturated rings. The minimum atomic E-state index is -0.665. The second-order valence-corrected chi connectivity index (χ2v) is 5.06. The Labute approximate surface area is 91.5 Å². The summed E-state index contributed by atoms with van der Waals surface area (Å²) in [6, 6.07) is 0. The monoisotopic (exact) mass is 211 g/mol. The van der Waals surface area contributed by atoms with Crippen molar-refractivity contribution in [3.63, 3.8) is 0 Å². The molecule has 2 rings (SSSR count). The van der Waals surface area contributed by atoms with Crippen molar-refractivity contribution in [3.8, 4) is 0 Å². The van der Waals surface area contributed by atoms with Crippen molar-refractivity contribution >= 4 is 5.97 Å². The average molecular weight is 211 g/mol. The Bertz CT molecular complexity index is 226. The van der Waals surface area contributed by atoms with Crippen LogP contribution in [0.25, 0.3) is 0 Å². The lowest BCUT2D eigenvalue weighted by Crippen LogP contribution is -2.54. The van der Waals surface area contributed by atoms with Crippen molar-refractivity contribution in [2.45, 2.75) is 56.9 Å². The van der Waals surface area contributed by atoms with Crippen LogP contribution in [0.2, 0.25) is 0 Å². The third kappa shape index (κ3) is 2.33. The van der Waals surface area contributed by atoms with Gasteiger partial charge in [-0.15, -0.1) is 0 Å². The van der Waals surface area contributed by atoms with Crippen LogP contribution in [0.5, 0.6) is 0 Å². The first-order valence-electron chi connectivity index (χ1n) is 6.20. The summed E-state index contributed by atoms with van der Waals surface area (Å²) >= 11 is 0. The van der Waals surface area contributed by atoms with Crippen LogP contribution in [-0.4, -0.2) is 34.6 Å². The molecule has 1 aliphatic carbocycles. The topological polar surface area (TPSA) is 40.5 Å². The third-order valence-electron chi connectivity index (χ3n) is 4.10. The summed E-state index contributed by atoms with van der Waals surface area (Å²) in [5.41, 5.74) is 0.259. The van der Waals surface area contributed by atoms with Gasteiger partial charge in [0.1, 0.15) is 0 Å². The second-order valence-electron chi connectivity index (χ2n) is 5.06. The summed E-state index contributed by atoms with van der Waals surface area (Å²) in [5, 5.41) is 8.94. The van der Waals surface area contributed by atoms with Crippen molar-refractivity contribution in [2.24, 2.45) is 0 Å². The number of likely N-dealkylation sites (tertiary alicyclic amines) is 1. The van der Waals surface area contributed by atoms with E-state index < -0.39 is 5.97 Å². The highest BCUT2D eigenvalue weighted by molar-refractivity contribution is 5.69. The molecule has 3 nitrogen and oxygen atoms in total. The number of hydrogen-bond donors (Lipinski definition) is 1. The Hall–Kier alpha value is -0.570. The Balaban J connectivity index is 2.06. The van der Waals surface area contributed by atoms with E-state index in [-0.39, 0.29) is 12.1 Å². The lowest BCUT2D eigenvalue weighted by Gasteiger charge is -2.49. The van der Waals surface area contributed by atoms with Crippen LogP contribution in [0.3, 0.4) is 0 Å². The molecule has 1 saturated carbocycles. The van der Waals surface area contributed by atoms with Gasteiger partial charge in [0.15, 0.2) is 0 Å². The van der Waals surface area contributed by atoms with Crippen LogP contribution in [0, 0.1) is 0 Å². The maximum atomic E-state index is 10.9. The highest BCUT2D eigenvalue weighted by Crippen LogP contribution is 2.40. The molecule has 86 valence electrons. The van der Waals surface area contributed by atoms with E-state index >= 15 is 0 Å². The van der Waals surface area contributed by atoms with Crippen molar-refractivity contribution < 1.29 is 9.90 Å². The van der Waals surface area contributed by atoms with Crippen molar-refractivity contribution in [3.05, 3.63) is 0 Å². The normalized spacial score (nSPS) is 26.7. The Morgan fingerprint density at radius 1 is 1.07 bits per heavy atom. The van der Waals surface area contributed by atoms with Gasteiger partial charge in [-0.1, -0.05) is 25.7 Å². The standard InChI is InChI=1S/C12H21NO2/c14-11(15)10-13-9-5-4-8-12(13)6-2-1-3-7-12/h1-10H2,(H,14,15). The van der Waals surface area contributed by atoms with Gasteiger partial charge in [0, 0.05) is 5.54 Å². The minimum absolute atomic E-state index is 0.250. The van der Waals surface area contributed by atoms with E-state index in [9.17, 15) is 4.79 Å². The molecule has 1 N–H and O–H groups in total. The number of rotatable bonds is 2. The molecule has 0 unspecified atom stereocenters. The average Bonchev–Trinajstić information content (AvgIpc) is 2.23. The van der Waals surface area contributed by atoms with Gasteiger partial charge >= 0.3 is 5.97 Å². The molecule has 1 spiro atoms. The number of piperidine rings is 1. The molecule has 0 atom stereocenters. The molecule has 1 aliphatic heterocycles. The third-order valence-corrected chi connectivity index (χ3v) is 4.10. The van der Waals surface area contributed by atoms with Crippen LogP contribution in [0.4, 0.5) is 0 Å². The van der Waals surface area contributed by atoms with Crippen molar-refractivity contribution in [1.29, 1.82) is 0 Å². The van der Waals surface area contributed by atoms with Crippen LogP contribution in [0.1, 0.15) is 51.4 Å². The summed E-state index contributed by atoms with van der Waals surface area (Å²) in [4.78, 5) is 13.1. The van der Waals surface area contributed by atoms with Crippen LogP contribution >= 0.6 is 0 Å². The maximum absolute atomic E-state index is 10.9. The Kier molecular flexibility index (Phi) is 3.29. The molecule has 3 heteroatoms. The van der Waals surface area contributed by atoms with Crippen LogP contribution in [-0.2, 0) is 4.79 Å². The molecule has 0 amide bonds. The molecular weight excluding hydrogens is 190 g/mol. The van der Waals surface area contributed by atoms with Gasteiger partial charge in [-0.25, -0.2) is 0 Å². The lowest BCUT2D eigenvalue weighted by molar-refractivity contribution is -0.141. The second kappa shape index (κ2) is 4.52. The predicted octanol–water partition coefficient (Wildman–Crippen LogP) is 2.26. The molecule has 0 aromatic carbocycles. The first-order valence-corrected chi connectivity index (χ1v) is 6.20. The van der Waals surface area contributed by atoms with E-state index in [2.05, 4.69) is 4.90 Å². The van der Waals surface area contributed by atoms with Gasteiger partial charge in [0.2, 0.25) is 0 Å². The minimum Gasteiger partial charge on any atom is -0.480 e. The summed E-state index contributed by atoms with van der Waals surface area (Å²) < 4.78 is 0. The maximum Gasteiger partial charge on any atom is 0.317 e. The van der Waals surface area contributed by atoms with Crippen LogP contribution in [0.15, 0.2) is 0 Å². The lowest BCUT2D eigenvalue weighted by atomic mass is 9.75. The Morgan fingerprint density at radius 2 is 1.67 bits per heavy atom. The van der Waals surface area contributed by atoms with Gasteiger partial charge in [0.05, 0.1) is 6.54 Å². The summed E-state index contributed by atoms with van der Waals surface area (Å²) in [7, 11) is 0. The molecule has 0 aromatic rings. The number of hydrogen-bond acceptors (Lipinski definition) is 2. The SMILES string of the molecule is O=C(O)CN1CCCCC12CCCCC2. The van der Waals surface area contributed by atoms with Gasteiger partial charge in [-0.2, -0.15) is 0 Å². The molecular formula is C12H21NO2. The van der Waals surface area contributed by atoms with E-state index in [0.717, 1.165) is 6.54 Å². The van der Waals surface area contributed by atoms with E-state index in [1.165, 1.54) is 51.4 Å². The Morgan fingerprint density at radius 3 is 2.27 bits per heavy atom. The van der Waals surface area contributed by atoms with Crippen LogP contribution < -0.4 is 0 Å². The molecule has 2 aliphatic rings. The van der Waals surface area contributed by atoms with E-state index in [1.54, 1.807) is 0 Å². The van der Waals surface area contributed by atoms with Crippen molar-refractivity contribution in [2.75, 3.05) is 13.1 Å². The zero-order chi connectivity index (χ0) is 10.7. The highest BCUT2D eigenvalue weighted by atomic mass is 16.4. The number of nitrogens with zero attached hydrogens (tertiary/aromatic N) is 1. The van der Waals surface area contributed by atoms with Crippen molar-refractivity contribution in [1.82, 2.24) is 4.90 Å². The molecule has 0 bridgehead atoms. The highest BCUT2D eigenvalue weighted by Gasteiger charge is 2.39. The number of carbonyl (C=O) groups is 1. The zero-order valence-corrected chi connectivity index (χ0v) is 9.37. The molecule has 15 heavy (non-hydrogen) atoms. The molecule has 0 aromatic heterocycles. The largest absolute Gasteiger partial charge is 0.480 e. The zero-order valence-electron chi connectivity index (χ0n) is 9.37. The van der Waals surface area contributed by atoms with E-state index in [4.69, 9.17) is 5.11 Å². The fourth-order valence-electron chi connectivity index (χ4n) is 3.34. The fourth-order valence-corrected chi connectivity index (χ4v) is 3.34. The number of aliphatic carboxylic acids is 1. The van der Waals surface area contributed by atoms with Gasteiger partial charge in [-0.05, 0) is 32.2 Å². The molecule has 1 heterocycles. The first kappa shape index (κ1) is 10.9. The van der Waals surface area contributed by atoms with Gasteiger partial charge < -0.3 is 5.11 Å². The van der Waals surface area contributed by atoms with Gasteiger partial charge in [0.25, 0.3) is 0 Å². The predicted molar refractivity (Wildman–Crippen MR) is 58.9 cm³/mol. The molecule has 0 radical (unpaired) electrons. The first-order chi connectivity index (χ1) is 7.23. The fraction of sp³-hybridized carbons (Fsp3) is 0.917. The van der Waals surface area contributed by atoms with E-state index in [0.29, 0.717) is 0 Å². The summed E-state index contributed by atoms with van der Waals surface area (Å²) in [5.74, 6) is -0.665. The van der Waals surface area contributed by atoms with Gasteiger partial charge in [-0.3, -0.25) is 9.69 Å². The smallest absolute Gasteiger partial charge is 0.317 e. The summed E-state index contributed by atoms with van der Waals surface area (Å²) in [6.07, 6.45) is 10.0. The summed E-state index contributed by atoms with van der Waals surface area (Å²) in [6.45, 7) is 1.24. The number of carboxylic acid groups (broad SMARTS) is 1. The number of carboxylic acids is 1.